The van der Waals surface area contributed by atoms with Crippen LogP contribution >= 0.6 is 12.2 Å². The van der Waals surface area contributed by atoms with Crippen LogP contribution in [-0.2, 0) is 14.3 Å². The molecule has 1 saturated heterocycles. The minimum Gasteiger partial charge on any atom is -0.459 e. The van der Waals surface area contributed by atoms with Gasteiger partial charge in [-0.15, -0.1) is 0 Å². The third-order valence-corrected chi connectivity index (χ3v) is 3.67. The Kier molecular flexibility index (Phi) is 5.13. The fourth-order valence-corrected chi connectivity index (χ4v) is 2.69. The van der Waals surface area contributed by atoms with Gasteiger partial charge < -0.3 is 15.4 Å². The normalized spacial score (nSPS) is 18.6. The first-order chi connectivity index (χ1) is 11.2. The average Bonchev–Trinajstić information content (AvgIpc) is 2.71. The van der Waals surface area contributed by atoms with Crippen molar-refractivity contribution in [1.82, 2.24) is 5.32 Å². The predicted octanol–water partition coefficient (Wildman–Crippen LogP) is 2.14. The second-order valence-corrected chi connectivity index (χ2v) is 6.50. The second kappa shape index (κ2) is 6.91. The first kappa shape index (κ1) is 17.8. The van der Waals surface area contributed by atoms with Gasteiger partial charge in [0.2, 0.25) is 5.91 Å². The number of nitro groups is 1. The highest BCUT2D eigenvalue weighted by atomic mass is 32.1. The number of non-ortho nitro benzene ring substituents is 1. The molecule has 1 atom stereocenters. The average molecular weight is 351 g/mol. The number of benzene rings is 1. The number of carbonyl (C=O) groups excluding carboxylic acids is 2. The van der Waals surface area contributed by atoms with Gasteiger partial charge in [0.05, 0.1) is 10.8 Å². The molecule has 1 heterocycles. The Bertz CT molecular complexity index is 687. The highest BCUT2D eigenvalue weighted by Crippen LogP contribution is 2.32. The van der Waals surface area contributed by atoms with Crippen LogP contribution in [0.5, 0.6) is 0 Å². The molecule has 0 radical (unpaired) electrons. The molecule has 1 aliphatic heterocycles. The highest BCUT2D eigenvalue weighted by molar-refractivity contribution is 7.80. The summed E-state index contributed by atoms with van der Waals surface area (Å²) in [5.74, 6) is -1.26. The SMILES string of the molecule is CC1(C)C[C@H](CC(=O)NC(=S)Nc2ccc([N+](=O)[O-])cc2)C(=O)O1. The van der Waals surface area contributed by atoms with E-state index in [9.17, 15) is 19.7 Å². The summed E-state index contributed by atoms with van der Waals surface area (Å²) < 4.78 is 5.17. The smallest absolute Gasteiger partial charge is 0.310 e. The van der Waals surface area contributed by atoms with Gasteiger partial charge in [-0.25, -0.2) is 0 Å². The number of thiocarbonyl (C=S) groups is 1. The van der Waals surface area contributed by atoms with E-state index in [1.807, 2.05) is 0 Å². The molecule has 0 aromatic heterocycles. The fraction of sp³-hybridized carbons (Fsp3) is 0.400. The quantitative estimate of drug-likeness (QED) is 0.370. The van der Waals surface area contributed by atoms with Gasteiger partial charge in [0.15, 0.2) is 5.11 Å². The number of nitro benzene ring substituents is 1. The fourth-order valence-electron chi connectivity index (χ4n) is 2.46. The minimum absolute atomic E-state index is 0.00958. The Labute approximate surface area is 143 Å². The van der Waals surface area contributed by atoms with E-state index >= 15 is 0 Å². The van der Waals surface area contributed by atoms with Crippen LogP contribution in [0.15, 0.2) is 24.3 Å². The zero-order valence-corrected chi connectivity index (χ0v) is 14.0. The maximum Gasteiger partial charge on any atom is 0.310 e. The zero-order chi connectivity index (χ0) is 17.9. The zero-order valence-electron chi connectivity index (χ0n) is 13.2. The number of amides is 1. The molecule has 1 aromatic carbocycles. The van der Waals surface area contributed by atoms with Crippen molar-refractivity contribution in [3.63, 3.8) is 0 Å². The molecule has 0 spiro atoms. The van der Waals surface area contributed by atoms with Crippen LogP contribution < -0.4 is 10.6 Å². The number of nitrogens with one attached hydrogen (secondary N) is 2. The van der Waals surface area contributed by atoms with E-state index in [4.69, 9.17) is 17.0 Å². The number of ether oxygens (including phenoxy) is 1. The molecule has 8 nitrogen and oxygen atoms in total. The summed E-state index contributed by atoms with van der Waals surface area (Å²) in [6, 6.07) is 5.60. The number of cyclic esters (lactones) is 1. The Morgan fingerprint density at radius 1 is 1.42 bits per heavy atom. The van der Waals surface area contributed by atoms with Crippen LogP contribution in [0.1, 0.15) is 26.7 Å². The van der Waals surface area contributed by atoms with E-state index in [0.717, 1.165) is 0 Å². The van der Waals surface area contributed by atoms with Crippen LogP contribution in [0, 0.1) is 16.0 Å². The van der Waals surface area contributed by atoms with Crippen molar-refractivity contribution in [3.8, 4) is 0 Å². The largest absolute Gasteiger partial charge is 0.459 e. The Morgan fingerprint density at radius 3 is 2.54 bits per heavy atom. The lowest BCUT2D eigenvalue weighted by Crippen LogP contribution is -2.35. The lowest BCUT2D eigenvalue weighted by Gasteiger charge is -2.14. The van der Waals surface area contributed by atoms with Gasteiger partial charge in [0.25, 0.3) is 5.69 Å². The Balaban J connectivity index is 1.84. The van der Waals surface area contributed by atoms with Gasteiger partial charge in [-0.2, -0.15) is 0 Å². The summed E-state index contributed by atoms with van der Waals surface area (Å²) in [5, 5.41) is 15.9. The molecule has 0 unspecified atom stereocenters. The number of esters is 1. The van der Waals surface area contributed by atoms with Crippen molar-refractivity contribution in [3.05, 3.63) is 34.4 Å². The molecule has 0 saturated carbocycles. The summed E-state index contributed by atoms with van der Waals surface area (Å²) in [5.41, 5.74) is -0.0929. The molecule has 2 rings (SSSR count). The summed E-state index contributed by atoms with van der Waals surface area (Å²) in [6.07, 6.45) is 0.464. The van der Waals surface area contributed by atoms with Crippen LogP contribution in [0.2, 0.25) is 0 Å². The molecule has 2 N–H and O–H groups in total. The first-order valence-corrected chi connectivity index (χ1v) is 7.65. The lowest BCUT2D eigenvalue weighted by molar-refractivity contribution is -0.384. The summed E-state index contributed by atoms with van der Waals surface area (Å²) in [4.78, 5) is 33.7. The van der Waals surface area contributed by atoms with Gasteiger partial charge in [-0.3, -0.25) is 19.7 Å². The maximum atomic E-state index is 12.0. The Morgan fingerprint density at radius 2 is 2.04 bits per heavy atom. The van der Waals surface area contributed by atoms with E-state index < -0.39 is 22.3 Å². The van der Waals surface area contributed by atoms with Crippen molar-refractivity contribution in [2.45, 2.75) is 32.3 Å². The van der Waals surface area contributed by atoms with Crippen LogP contribution in [0.4, 0.5) is 11.4 Å². The molecule has 1 fully saturated rings. The van der Waals surface area contributed by atoms with Gasteiger partial charge in [0, 0.05) is 30.7 Å². The highest BCUT2D eigenvalue weighted by Gasteiger charge is 2.40. The van der Waals surface area contributed by atoms with Crippen LogP contribution in [0.3, 0.4) is 0 Å². The molecule has 0 aliphatic carbocycles. The third kappa shape index (κ3) is 4.72. The van der Waals surface area contributed by atoms with Gasteiger partial charge in [-0.05, 0) is 38.2 Å². The maximum absolute atomic E-state index is 12.0. The molecule has 24 heavy (non-hydrogen) atoms. The van der Waals surface area contributed by atoms with Crippen molar-refractivity contribution < 1.29 is 19.2 Å². The van der Waals surface area contributed by atoms with E-state index in [0.29, 0.717) is 12.1 Å². The molecular formula is C15H17N3O5S. The second-order valence-electron chi connectivity index (χ2n) is 6.09. The van der Waals surface area contributed by atoms with Crippen molar-refractivity contribution >= 4 is 40.6 Å². The molecule has 1 aliphatic rings. The molecule has 9 heteroatoms. The number of nitrogens with zero attached hydrogens (tertiary/aromatic N) is 1. The first-order valence-electron chi connectivity index (χ1n) is 7.24. The summed E-state index contributed by atoms with van der Waals surface area (Å²) >= 11 is 5.02. The lowest BCUT2D eigenvalue weighted by atomic mass is 9.95. The van der Waals surface area contributed by atoms with E-state index in [1.54, 1.807) is 13.8 Å². The summed E-state index contributed by atoms with van der Waals surface area (Å²) in [6.45, 7) is 3.59. The van der Waals surface area contributed by atoms with Gasteiger partial charge >= 0.3 is 5.97 Å². The number of rotatable bonds is 4. The molecular weight excluding hydrogens is 334 g/mol. The molecule has 128 valence electrons. The predicted molar refractivity (Wildman–Crippen MR) is 90.4 cm³/mol. The van der Waals surface area contributed by atoms with E-state index in [2.05, 4.69) is 10.6 Å². The molecule has 1 amide bonds. The minimum atomic E-state index is -0.556. The topological polar surface area (TPSA) is 111 Å². The van der Waals surface area contributed by atoms with E-state index in [1.165, 1.54) is 24.3 Å². The van der Waals surface area contributed by atoms with E-state index in [-0.39, 0.29) is 23.2 Å². The van der Waals surface area contributed by atoms with Gasteiger partial charge in [-0.1, -0.05) is 0 Å². The van der Waals surface area contributed by atoms with Crippen LogP contribution in [-0.4, -0.2) is 27.5 Å². The van der Waals surface area contributed by atoms with Gasteiger partial charge in [0.1, 0.15) is 5.60 Å². The van der Waals surface area contributed by atoms with Crippen molar-refractivity contribution in [2.75, 3.05) is 5.32 Å². The van der Waals surface area contributed by atoms with Crippen molar-refractivity contribution in [1.29, 1.82) is 0 Å². The third-order valence-electron chi connectivity index (χ3n) is 3.47. The van der Waals surface area contributed by atoms with Crippen LogP contribution in [0.25, 0.3) is 0 Å². The number of anilines is 1. The van der Waals surface area contributed by atoms with Crippen molar-refractivity contribution in [2.24, 2.45) is 5.92 Å². The summed E-state index contributed by atoms with van der Waals surface area (Å²) in [7, 11) is 0. The standard InChI is InChI=1S/C15H17N3O5S/c1-15(2)8-9(13(20)23-15)7-12(19)17-14(24)16-10-3-5-11(6-4-10)18(21)22/h3-6,9H,7-8H2,1-2H3,(H2,16,17,19,24)/t9-/m0/s1. The number of hydrogen-bond acceptors (Lipinski definition) is 6. The Hall–Kier alpha value is -2.55. The number of carbonyl (C=O) groups is 2. The molecule has 0 bridgehead atoms. The molecule has 1 aromatic rings. The number of hydrogen-bond donors (Lipinski definition) is 2. The monoisotopic (exact) mass is 351 g/mol.